The van der Waals surface area contributed by atoms with Crippen molar-refractivity contribution >= 4 is 17.8 Å². The fourth-order valence-corrected chi connectivity index (χ4v) is 2.60. The first kappa shape index (κ1) is 15.2. The summed E-state index contributed by atoms with van der Waals surface area (Å²) in [5.41, 5.74) is -1.20. The predicted octanol–water partition coefficient (Wildman–Crippen LogP) is 1.93. The van der Waals surface area contributed by atoms with Gasteiger partial charge in [-0.05, 0) is 26.7 Å². The average Bonchev–Trinajstić information content (AvgIpc) is 2.86. The fourth-order valence-electron chi connectivity index (χ4n) is 2.60. The van der Waals surface area contributed by atoms with E-state index in [1.54, 1.807) is 27.7 Å². The smallest absolute Gasteiger partial charge is 0.331 e. The normalized spacial score (nSPS) is 19.6. The molecule has 21 heavy (non-hydrogen) atoms. The number of barbiturate groups is 1. The highest BCUT2D eigenvalue weighted by atomic mass is 16.4. The van der Waals surface area contributed by atoms with E-state index >= 15 is 0 Å². The van der Waals surface area contributed by atoms with Gasteiger partial charge in [0.25, 0.3) is 0 Å². The maximum Gasteiger partial charge on any atom is 0.331 e. The molecule has 1 N–H and O–H groups in total. The van der Waals surface area contributed by atoms with Gasteiger partial charge in [-0.3, -0.25) is 19.8 Å². The lowest BCUT2D eigenvalue weighted by Gasteiger charge is -2.39. The maximum atomic E-state index is 12.7. The van der Waals surface area contributed by atoms with Gasteiger partial charge in [-0.15, -0.1) is 0 Å². The van der Waals surface area contributed by atoms with E-state index in [0.29, 0.717) is 18.6 Å². The molecule has 0 aromatic carbocycles. The third kappa shape index (κ3) is 2.22. The first-order valence-electron chi connectivity index (χ1n) is 6.98. The van der Waals surface area contributed by atoms with Gasteiger partial charge in [0.15, 0.2) is 0 Å². The van der Waals surface area contributed by atoms with Crippen LogP contribution in [0.25, 0.3) is 0 Å². The molecule has 0 bridgehead atoms. The second-order valence-electron chi connectivity index (χ2n) is 5.21. The van der Waals surface area contributed by atoms with Gasteiger partial charge in [-0.1, -0.05) is 13.8 Å². The van der Waals surface area contributed by atoms with Gasteiger partial charge >= 0.3 is 6.03 Å². The van der Waals surface area contributed by atoms with Crippen LogP contribution in [0.3, 0.4) is 0 Å². The first-order chi connectivity index (χ1) is 9.87. The predicted molar refractivity (Wildman–Crippen MR) is 73.1 cm³/mol. The van der Waals surface area contributed by atoms with Crippen molar-refractivity contribution in [3.63, 3.8) is 0 Å². The van der Waals surface area contributed by atoms with Crippen molar-refractivity contribution < 1.29 is 18.8 Å². The number of hydrogen-bond donors (Lipinski definition) is 1. The molecule has 2 heterocycles. The Bertz CT molecular complexity index is 589. The molecule has 0 spiro atoms. The number of oxazole rings is 1. The highest BCUT2D eigenvalue weighted by molar-refractivity contribution is 6.19. The zero-order valence-corrected chi connectivity index (χ0v) is 12.6. The van der Waals surface area contributed by atoms with E-state index in [4.69, 9.17) is 4.42 Å². The van der Waals surface area contributed by atoms with Gasteiger partial charge in [-0.25, -0.2) is 9.78 Å². The lowest BCUT2D eigenvalue weighted by atomic mass is 9.78. The van der Waals surface area contributed by atoms with Gasteiger partial charge in [0.05, 0.1) is 6.20 Å². The number of hydrogen-bond acceptors (Lipinski definition) is 5. The highest BCUT2D eigenvalue weighted by Crippen LogP contribution is 2.35. The van der Waals surface area contributed by atoms with Crippen LogP contribution in [-0.4, -0.2) is 27.7 Å². The molecule has 1 aromatic rings. The maximum absolute atomic E-state index is 12.7. The second-order valence-corrected chi connectivity index (χ2v) is 5.21. The minimum absolute atomic E-state index is 0.270. The standard InChI is InChI=1S/C14H19N3O4/c1-5-14(6-2)11(18)16-13(20)17(12(14)19)9(4)10-15-7-8(3)21-10/h7,9H,5-6H2,1-4H3,(H,16,18,20). The van der Waals surface area contributed by atoms with Crippen LogP contribution < -0.4 is 5.32 Å². The topological polar surface area (TPSA) is 92.5 Å². The van der Waals surface area contributed by atoms with E-state index in [0.717, 1.165) is 4.90 Å². The van der Waals surface area contributed by atoms with Crippen LogP contribution in [0.15, 0.2) is 10.6 Å². The molecule has 1 aliphatic heterocycles. The number of amides is 4. The van der Waals surface area contributed by atoms with Crippen molar-refractivity contribution in [3.05, 3.63) is 17.8 Å². The molecule has 114 valence electrons. The minimum atomic E-state index is -1.20. The Kier molecular flexibility index (Phi) is 3.85. The minimum Gasteiger partial charge on any atom is -0.444 e. The van der Waals surface area contributed by atoms with E-state index in [-0.39, 0.29) is 5.89 Å². The molecule has 0 aliphatic carbocycles. The van der Waals surface area contributed by atoms with E-state index in [2.05, 4.69) is 10.3 Å². The summed E-state index contributed by atoms with van der Waals surface area (Å²) in [6.07, 6.45) is 2.18. The third-order valence-corrected chi connectivity index (χ3v) is 4.09. The van der Waals surface area contributed by atoms with Crippen molar-refractivity contribution in [2.45, 2.75) is 46.6 Å². The van der Waals surface area contributed by atoms with Crippen molar-refractivity contribution in [2.75, 3.05) is 0 Å². The van der Waals surface area contributed by atoms with Crippen LogP contribution in [-0.2, 0) is 9.59 Å². The quantitative estimate of drug-likeness (QED) is 0.856. The van der Waals surface area contributed by atoms with Crippen LogP contribution in [0.1, 0.15) is 51.3 Å². The van der Waals surface area contributed by atoms with Gasteiger partial charge in [0.2, 0.25) is 17.7 Å². The molecule has 7 heteroatoms. The molecule has 1 aliphatic rings. The van der Waals surface area contributed by atoms with Crippen LogP contribution in [0, 0.1) is 12.3 Å². The van der Waals surface area contributed by atoms with Gasteiger partial charge in [-0.2, -0.15) is 0 Å². The molecule has 7 nitrogen and oxygen atoms in total. The summed E-state index contributed by atoms with van der Waals surface area (Å²) >= 11 is 0. The summed E-state index contributed by atoms with van der Waals surface area (Å²) in [4.78, 5) is 42.0. The summed E-state index contributed by atoms with van der Waals surface area (Å²) in [7, 11) is 0. The Morgan fingerprint density at radius 2 is 1.95 bits per heavy atom. The number of carbonyl (C=O) groups is 3. The molecule has 2 rings (SSSR count). The molecule has 1 saturated heterocycles. The zero-order valence-electron chi connectivity index (χ0n) is 12.6. The molecule has 0 radical (unpaired) electrons. The summed E-state index contributed by atoms with van der Waals surface area (Å²) in [5, 5.41) is 2.27. The van der Waals surface area contributed by atoms with Crippen molar-refractivity contribution in [1.82, 2.24) is 15.2 Å². The van der Waals surface area contributed by atoms with Crippen LogP contribution in [0.5, 0.6) is 0 Å². The number of rotatable bonds is 4. The van der Waals surface area contributed by atoms with Gasteiger partial charge in [0, 0.05) is 0 Å². The molecule has 1 aromatic heterocycles. The highest BCUT2D eigenvalue weighted by Gasteiger charge is 2.53. The summed E-state index contributed by atoms with van der Waals surface area (Å²) in [6, 6.07) is -1.40. The lowest BCUT2D eigenvalue weighted by molar-refractivity contribution is -0.153. The molecule has 0 saturated carbocycles. The Morgan fingerprint density at radius 3 is 2.43 bits per heavy atom. The van der Waals surface area contributed by atoms with Crippen LogP contribution >= 0.6 is 0 Å². The second kappa shape index (κ2) is 5.31. The van der Waals surface area contributed by atoms with Gasteiger partial charge < -0.3 is 4.42 Å². The number of carbonyl (C=O) groups excluding carboxylic acids is 3. The summed E-state index contributed by atoms with van der Waals surface area (Å²) in [5.74, 6) is -0.166. The SMILES string of the molecule is CCC1(CC)C(=O)NC(=O)N(C(C)c2ncc(C)o2)C1=O. The van der Waals surface area contributed by atoms with Crippen LogP contribution in [0.4, 0.5) is 4.79 Å². The number of nitrogens with zero attached hydrogens (tertiary/aromatic N) is 2. The van der Waals surface area contributed by atoms with E-state index in [1.807, 2.05) is 0 Å². The molecular formula is C14H19N3O4. The number of aromatic nitrogens is 1. The molecule has 4 amide bonds. The molecule has 1 unspecified atom stereocenters. The summed E-state index contributed by atoms with van der Waals surface area (Å²) in [6.45, 7) is 6.89. The number of aryl methyl sites for hydroxylation is 1. The molecular weight excluding hydrogens is 274 g/mol. The summed E-state index contributed by atoms with van der Waals surface area (Å²) < 4.78 is 5.39. The Morgan fingerprint density at radius 1 is 1.33 bits per heavy atom. The van der Waals surface area contributed by atoms with Crippen molar-refractivity contribution in [2.24, 2.45) is 5.41 Å². The van der Waals surface area contributed by atoms with Gasteiger partial charge in [0.1, 0.15) is 17.2 Å². The Balaban J connectivity index is 2.40. The van der Waals surface area contributed by atoms with E-state index in [9.17, 15) is 14.4 Å². The average molecular weight is 293 g/mol. The van der Waals surface area contributed by atoms with Crippen molar-refractivity contribution in [1.29, 1.82) is 0 Å². The van der Waals surface area contributed by atoms with Crippen molar-refractivity contribution in [3.8, 4) is 0 Å². The van der Waals surface area contributed by atoms with E-state index < -0.39 is 29.3 Å². The number of urea groups is 1. The number of nitrogens with one attached hydrogen (secondary N) is 1. The Hall–Kier alpha value is -2.18. The van der Waals surface area contributed by atoms with Crippen LogP contribution in [0.2, 0.25) is 0 Å². The third-order valence-electron chi connectivity index (χ3n) is 4.09. The Labute approximate surface area is 122 Å². The monoisotopic (exact) mass is 293 g/mol. The number of imide groups is 2. The largest absolute Gasteiger partial charge is 0.444 e. The zero-order chi connectivity index (χ0) is 15.8. The fraction of sp³-hybridized carbons (Fsp3) is 0.571. The first-order valence-corrected chi connectivity index (χ1v) is 6.98. The molecule has 1 fully saturated rings. The lowest BCUT2D eigenvalue weighted by Crippen LogP contribution is -2.63. The molecule has 1 atom stereocenters. The van der Waals surface area contributed by atoms with E-state index in [1.165, 1.54) is 6.20 Å².